The van der Waals surface area contributed by atoms with Gasteiger partial charge in [-0.25, -0.2) is 4.39 Å². The minimum Gasteiger partial charge on any atom is -0.317 e. The van der Waals surface area contributed by atoms with Crippen LogP contribution in [-0.2, 0) is 11.2 Å². The first-order chi connectivity index (χ1) is 9.11. The standard InChI is InChI=1S/C15H17BrFNO/c16-11-2-1-10(13(17)8-11)7-14(19)12-9-15(12)3-5-18-6-4-15/h1-2,8,12,18H,3-7,9H2. The van der Waals surface area contributed by atoms with Crippen LogP contribution in [-0.4, -0.2) is 18.9 Å². The van der Waals surface area contributed by atoms with Gasteiger partial charge >= 0.3 is 0 Å². The largest absolute Gasteiger partial charge is 0.317 e. The summed E-state index contributed by atoms with van der Waals surface area (Å²) >= 11 is 3.23. The van der Waals surface area contributed by atoms with Crippen LogP contribution in [0.15, 0.2) is 22.7 Å². The molecule has 1 aromatic rings. The van der Waals surface area contributed by atoms with Crippen molar-refractivity contribution in [2.24, 2.45) is 11.3 Å². The van der Waals surface area contributed by atoms with Crippen LogP contribution in [0.25, 0.3) is 0 Å². The van der Waals surface area contributed by atoms with Crippen molar-refractivity contribution < 1.29 is 9.18 Å². The quantitative estimate of drug-likeness (QED) is 0.925. The number of piperidine rings is 1. The molecule has 1 aromatic carbocycles. The second kappa shape index (κ2) is 4.98. The van der Waals surface area contributed by atoms with Gasteiger partial charge in [-0.15, -0.1) is 0 Å². The summed E-state index contributed by atoms with van der Waals surface area (Å²) in [7, 11) is 0. The van der Waals surface area contributed by atoms with Crippen molar-refractivity contribution in [2.45, 2.75) is 25.7 Å². The molecule has 0 aromatic heterocycles. The molecule has 1 atom stereocenters. The Hall–Kier alpha value is -0.740. The molecule has 2 aliphatic rings. The SMILES string of the molecule is O=C(Cc1ccc(Br)cc1F)C1CC12CCNCC2. The Morgan fingerprint density at radius 2 is 2.16 bits per heavy atom. The second-order valence-electron chi connectivity index (χ2n) is 5.75. The molecular formula is C15H17BrFNO. The molecule has 19 heavy (non-hydrogen) atoms. The molecule has 102 valence electrons. The fraction of sp³-hybridized carbons (Fsp3) is 0.533. The van der Waals surface area contributed by atoms with Gasteiger partial charge in [0, 0.05) is 16.8 Å². The number of hydrogen-bond acceptors (Lipinski definition) is 2. The lowest BCUT2D eigenvalue weighted by Gasteiger charge is -2.23. The highest BCUT2D eigenvalue weighted by atomic mass is 79.9. The van der Waals surface area contributed by atoms with Gasteiger partial charge in [-0.3, -0.25) is 4.79 Å². The molecule has 2 nitrogen and oxygen atoms in total. The van der Waals surface area contributed by atoms with E-state index in [2.05, 4.69) is 21.2 Å². The van der Waals surface area contributed by atoms with Crippen LogP contribution in [0.3, 0.4) is 0 Å². The third-order valence-corrected chi connectivity index (χ3v) is 5.05. The van der Waals surface area contributed by atoms with E-state index in [1.807, 2.05) is 0 Å². The fourth-order valence-electron chi connectivity index (χ4n) is 3.26. The minimum absolute atomic E-state index is 0.164. The summed E-state index contributed by atoms with van der Waals surface area (Å²) in [6, 6.07) is 4.92. The van der Waals surface area contributed by atoms with E-state index in [-0.39, 0.29) is 29.4 Å². The zero-order valence-corrected chi connectivity index (χ0v) is 12.3. The number of Topliss-reactive ketones (excluding diaryl/α,β-unsaturated/α-hetero) is 1. The van der Waals surface area contributed by atoms with E-state index in [1.54, 1.807) is 12.1 Å². The summed E-state index contributed by atoms with van der Waals surface area (Å²) in [6.45, 7) is 2.02. The van der Waals surface area contributed by atoms with Gasteiger partial charge < -0.3 is 5.32 Å². The molecule has 3 rings (SSSR count). The van der Waals surface area contributed by atoms with Crippen LogP contribution in [0, 0.1) is 17.2 Å². The van der Waals surface area contributed by atoms with E-state index >= 15 is 0 Å². The van der Waals surface area contributed by atoms with Gasteiger partial charge in [0.05, 0.1) is 0 Å². The Kier molecular flexibility index (Phi) is 3.48. The molecule has 1 spiro atoms. The molecule has 1 unspecified atom stereocenters. The highest BCUT2D eigenvalue weighted by Gasteiger charge is 2.56. The number of halogens is 2. The molecule has 0 bridgehead atoms. The van der Waals surface area contributed by atoms with Crippen molar-refractivity contribution in [2.75, 3.05) is 13.1 Å². The normalized spacial score (nSPS) is 24.4. The summed E-state index contributed by atoms with van der Waals surface area (Å²) < 4.78 is 14.4. The summed E-state index contributed by atoms with van der Waals surface area (Å²) in [5, 5.41) is 3.33. The highest BCUT2D eigenvalue weighted by Crippen LogP contribution is 2.59. The first-order valence-electron chi connectivity index (χ1n) is 6.78. The van der Waals surface area contributed by atoms with Crippen LogP contribution in [0.4, 0.5) is 4.39 Å². The molecule has 1 aliphatic heterocycles. The molecule has 0 radical (unpaired) electrons. The fourth-order valence-corrected chi connectivity index (χ4v) is 3.59. The van der Waals surface area contributed by atoms with E-state index in [1.165, 1.54) is 6.07 Å². The maximum absolute atomic E-state index is 13.7. The molecule has 0 amide bonds. The van der Waals surface area contributed by atoms with E-state index < -0.39 is 0 Å². The summed E-state index contributed by atoms with van der Waals surface area (Å²) in [5.41, 5.74) is 0.762. The molecule has 1 N–H and O–H groups in total. The molecule has 1 saturated carbocycles. The zero-order valence-electron chi connectivity index (χ0n) is 10.7. The van der Waals surface area contributed by atoms with Gasteiger partial charge in [-0.1, -0.05) is 22.0 Å². The lowest BCUT2D eigenvalue weighted by Crippen LogP contribution is -2.31. The van der Waals surface area contributed by atoms with Gasteiger partial charge in [-0.2, -0.15) is 0 Å². The van der Waals surface area contributed by atoms with Gasteiger partial charge in [0.2, 0.25) is 0 Å². The first-order valence-corrected chi connectivity index (χ1v) is 7.57. The van der Waals surface area contributed by atoms with Crippen molar-refractivity contribution in [1.29, 1.82) is 0 Å². The number of ketones is 1. The van der Waals surface area contributed by atoms with Gasteiger partial charge in [-0.05, 0) is 55.5 Å². The summed E-state index contributed by atoms with van der Waals surface area (Å²) in [4.78, 5) is 12.3. The third kappa shape index (κ3) is 2.61. The Labute approximate surface area is 120 Å². The molecule has 4 heteroatoms. The summed E-state index contributed by atoms with van der Waals surface area (Å²) in [5.74, 6) is 0.0866. The lowest BCUT2D eigenvalue weighted by atomic mass is 9.89. The lowest BCUT2D eigenvalue weighted by molar-refractivity contribution is -0.120. The van der Waals surface area contributed by atoms with E-state index in [0.29, 0.717) is 10.0 Å². The van der Waals surface area contributed by atoms with Crippen molar-refractivity contribution >= 4 is 21.7 Å². The smallest absolute Gasteiger partial charge is 0.141 e. The number of hydrogen-bond donors (Lipinski definition) is 1. The predicted molar refractivity (Wildman–Crippen MR) is 75.5 cm³/mol. The number of rotatable bonds is 3. The Bertz CT molecular complexity index is 511. The van der Waals surface area contributed by atoms with Crippen LogP contribution in [0.5, 0.6) is 0 Å². The second-order valence-corrected chi connectivity index (χ2v) is 6.66. The average Bonchev–Trinajstić information content (AvgIpc) is 3.07. The van der Waals surface area contributed by atoms with Gasteiger partial charge in [0.25, 0.3) is 0 Å². The van der Waals surface area contributed by atoms with Crippen molar-refractivity contribution in [1.82, 2.24) is 5.32 Å². The Morgan fingerprint density at radius 3 is 2.84 bits per heavy atom. The molecule has 1 heterocycles. The van der Waals surface area contributed by atoms with Gasteiger partial charge in [0.15, 0.2) is 0 Å². The number of benzene rings is 1. The predicted octanol–water partition coefficient (Wildman–Crippen LogP) is 3.09. The van der Waals surface area contributed by atoms with Crippen LogP contribution in [0.2, 0.25) is 0 Å². The average molecular weight is 326 g/mol. The molecule has 1 aliphatic carbocycles. The minimum atomic E-state index is -0.289. The van der Waals surface area contributed by atoms with Crippen molar-refractivity contribution in [3.63, 3.8) is 0 Å². The maximum Gasteiger partial charge on any atom is 0.141 e. The summed E-state index contributed by atoms with van der Waals surface area (Å²) in [6.07, 6.45) is 3.42. The van der Waals surface area contributed by atoms with Crippen molar-refractivity contribution in [3.8, 4) is 0 Å². The van der Waals surface area contributed by atoms with E-state index in [9.17, 15) is 9.18 Å². The Morgan fingerprint density at radius 1 is 1.42 bits per heavy atom. The molecule has 2 fully saturated rings. The van der Waals surface area contributed by atoms with Crippen LogP contribution >= 0.6 is 15.9 Å². The van der Waals surface area contributed by atoms with E-state index in [0.717, 1.165) is 32.4 Å². The highest BCUT2D eigenvalue weighted by molar-refractivity contribution is 9.10. The third-order valence-electron chi connectivity index (χ3n) is 4.56. The maximum atomic E-state index is 13.7. The monoisotopic (exact) mass is 325 g/mol. The zero-order chi connectivity index (χ0) is 13.5. The molecular weight excluding hydrogens is 309 g/mol. The van der Waals surface area contributed by atoms with Crippen LogP contribution < -0.4 is 5.32 Å². The number of carbonyl (C=O) groups excluding carboxylic acids is 1. The number of carbonyl (C=O) groups is 1. The van der Waals surface area contributed by atoms with E-state index in [4.69, 9.17) is 0 Å². The Balaban J connectivity index is 1.66. The topological polar surface area (TPSA) is 29.1 Å². The number of nitrogens with one attached hydrogen (secondary N) is 1. The van der Waals surface area contributed by atoms with Crippen LogP contribution in [0.1, 0.15) is 24.8 Å². The van der Waals surface area contributed by atoms with Gasteiger partial charge in [0.1, 0.15) is 11.6 Å². The molecule has 1 saturated heterocycles. The first kappa shape index (κ1) is 13.3. The van der Waals surface area contributed by atoms with Crippen molar-refractivity contribution in [3.05, 3.63) is 34.1 Å².